The number of amides is 1. The molecule has 94 valence electrons. The highest BCUT2D eigenvalue weighted by Gasteiger charge is 2.16. The Labute approximate surface area is 104 Å². The van der Waals surface area contributed by atoms with E-state index in [9.17, 15) is 4.79 Å². The first-order valence-corrected chi connectivity index (χ1v) is 6.77. The topological polar surface area (TPSA) is 32.3 Å². The van der Waals surface area contributed by atoms with Crippen molar-refractivity contribution >= 4 is 17.5 Å². The Hall–Kier alpha value is -0.280. The summed E-state index contributed by atoms with van der Waals surface area (Å²) in [5.41, 5.74) is 0. The van der Waals surface area contributed by atoms with E-state index in [4.69, 9.17) is 11.6 Å². The number of carbonyl (C=O) groups excluding carboxylic acids is 1. The molecule has 0 aromatic rings. The van der Waals surface area contributed by atoms with Crippen LogP contribution in [0.2, 0.25) is 0 Å². The van der Waals surface area contributed by atoms with Gasteiger partial charge in [-0.3, -0.25) is 4.79 Å². The number of alkyl halides is 1. The number of carbonyl (C=O) groups is 1. The van der Waals surface area contributed by atoms with Crippen LogP contribution < -0.4 is 5.32 Å². The number of rotatable bonds is 6. The van der Waals surface area contributed by atoms with E-state index in [2.05, 4.69) is 17.3 Å². The fourth-order valence-electron chi connectivity index (χ4n) is 2.08. The summed E-state index contributed by atoms with van der Waals surface area (Å²) in [5.74, 6) is 1.51. The minimum absolute atomic E-state index is 0.147. The maximum absolute atomic E-state index is 11.3. The largest absolute Gasteiger partial charge is 0.356 e. The van der Waals surface area contributed by atoms with Crippen LogP contribution in [0.1, 0.15) is 32.1 Å². The van der Waals surface area contributed by atoms with Gasteiger partial charge in [0.25, 0.3) is 0 Å². The third-order valence-corrected chi connectivity index (χ3v) is 3.52. The molecule has 1 N–H and O–H groups in total. The van der Waals surface area contributed by atoms with Gasteiger partial charge in [-0.1, -0.05) is 0 Å². The molecule has 0 bridgehead atoms. The van der Waals surface area contributed by atoms with Crippen molar-refractivity contribution in [3.63, 3.8) is 0 Å². The Morgan fingerprint density at radius 1 is 1.44 bits per heavy atom. The Morgan fingerprint density at radius 3 is 2.75 bits per heavy atom. The molecule has 3 nitrogen and oxygen atoms in total. The van der Waals surface area contributed by atoms with E-state index in [1.165, 1.54) is 25.9 Å². The molecule has 0 radical (unpaired) electrons. The molecule has 0 spiro atoms. The van der Waals surface area contributed by atoms with Crippen LogP contribution in [0.4, 0.5) is 0 Å². The summed E-state index contributed by atoms with van der Waals surface area (Å²) in [5, 5.41) is 2.96. The molecule has 1 heterocycles. The molecular formula is C12H23ClN2O. The second kappa shape index (κ2) is 7.91. The average molecular weight is 247 g/mol. The van der Waals surface area contributed by atoms with E-state index < -0.39 is 0 Å². The summed E-state index contributed by atoms with van der Waals surface area (Å²) in [6, 6.07) is 0. The maximum atomic E-state index is 11.3. The van der Waals surface area contributed by atoms with Crippen LogP contribution in [-0.4, -0.2) is 43.4 Å². The van der Waals surface area contributed by atoms with Crippen LogP contribution in [0.3, 0.4) is 0 Å². The van der Waals surface area contributed by atoms with Gasteiger partial charge in [0.2, 0.25) is 5.91 Å². The monoisotopic (exact) mass is 246 g/mol. The molecule has 0 aromatic carbocycles. The molecule has 1 amide bonds. The highest BCUT2D eigenvalue weighted by Crippen LogP contribution is 2.18. The Bertz CT molecular complexity index is 203. The summed E-state index contributed by atoms with van der Waals surface area (Å²) in [6.45, 7) is 3.23. The first kappa shape index (κ1) is 13.8. The molecule has 0 aliphatic carbocycles. The van der Waals surface area contributed by atoms with Crippen LogP contribution in [-0.2, 0) is 4.79 Å². The van der Waals surface area contributed by atoms with Gasteiger partial charge in [-0.15, -0.1) is 11.6 Å². The third-order valence-electron chi connectivity index (χ3n) is 3.25. The van der Waals surface area contributed by atoms with Crippen LogP contribution >= 0.6 is 11.6 Å². The van der Waals surface area contributed by atoms with Crippen molar-refractivity contribution in [2.45, 2.75) is 32.1 Å². The number of piperidine rings is 1. The quantitative estimate of drug-likeness (QED) is 0.726. The highest BCUT2D eigenvalue weighted by molar-refractivity contribution is 6.17. The van der Waals surface area contributed by atoms with Crippen LogP contribution in [0.25, 0.3) is 0 Å². The Morgan fingerprint density at radius 2 is 2.12 bits per heavy atom. The summed E-state index contributed by atoms with van der Waals surface area (Å²) < 4.78 is 0. The molecule has 1 aliphatic heterocycles. The number of hydrogen-bond donors (Lipinski definition) is 1. The summed E-state index contributed by atoms with van der Waals surface area (Å²) in [7, 11) is 2.17. The highest BCUT2D eigenvalue weighted by atomic mass is 35.5. The molecule has 0 saturated carbocycles. The molecule has 4 heteroatoms. The smallest absolute Gasteiger partial charge is 0.220 e. The molecule has 1 rings (SSSR count). The second-order valence-corrected chi connectivity index (χ2v) is 5.06. The van der Waals surface area contributed by atoms with Gasteiger partial charge in [-0.25, -0.2) is 0 Å². The van der Waals surface area contributed by atoms with Crippen molar-refractivity contribution in [1.82, 2.24) is 10.2 Å². The van der Waals surface area contributed by atoms with Gasteiger partial charge < -0.3 is 10.2 Å². The fraction of sp³-hybridized carbons (Fsp3) is 0.917. The van der Waals surface area contributed by atoms with Gasteiger partial charge in [0.15, 0.2) is 0 Å². The zero-order valence-electron chi connectivity index (χ0n) is 10.2. The van der Waals surface area contributed by atoms with Crippen molar-refractivity contribution in [2.75, 3.05) is 32.6 Å². The summed E-state index contributed by atoms with van der Waals surface area (Å²) in [6.07, 6.45) is 5.01. The molecule has 0 unspecified atom stereocenters. The molecule has 1 aliphatic rings. The number of likely N-dealkylation sites (tertiary alicyclic amines) is 1. The Balaban J connectivity index is 2.00. The van der Waals surface area contributed by atoms with E-state index in [1.54, 1.807) is 0 Å². The van der Waals surface area contributed by atoms with Crippen LogP contribution in [0.15, 0.2) is 0 Å². The Kier molecular flexibility index (Phi) is 6.81. The predicted molar refractivity (Wildman–Crippen MR) is 67.8 cm³/mol. The summed E-state index contributed by atoms with van der Waals surface area (Å²) >= 11 is 5.53. The molecule has 0 aromatic heterocycles. The predicted octanol–water partition coefficient (Wildman–Crippen LogP) is 1.85. The van der Waals surface area contributed by atoms with Crippen molar-refractivity contribution in [2.24, 2.45) is 5.92 Å². The molecule has 16 heavy (non-hydrogen) atoms. The van der Waals surface area contributed by atoms with Crippen molar-refractivity contribution in [3.05, 3.63) is 0 Å². The molecule has 1 saturated heterocycles. The zero-order chi connectivity index (χ0) is 11.8. The fourth-order valence-corrected chi connectivity index (χ4v) is 2.22. The van der Waals surface area contributed by atoms with Gasteiger partial charge in [0.05, 0.1) is 0 Å². The zero-order valence-corrected chi connectivity index (χ0v) is 10.9. The maximum Gasteiger partial charge on any atom is 0.220 e. The standard InChI is InChI=1S/C12H23ClN2O/c1-15-9-5-11(6-10-15)4-8-14-12(16)3-2-7-13/h11H,2-10H2,1H3,(H,14,16). The van der Waals surface area contributed by atoms with Crippen molar-refractivity contribution in [1.29, 1.82) is 0 Å². The normalized spacial score (nSPS) is 18.6. The van der Waals surface area contributed by atoms with Crippen molar-refractivity contribution in [3.8, 4) is 0 Å². The van der Waals surface area contributed by atoms with E-state index in [0.29, 0.717) is 12.3 Å². The van der Waals surface area contributed by atoms with Crippen LogP contribution in [0.5, 0.6) is 0 Å². The van der Waals surface area contributed by atoms with E-state index in [1.807, 2.05) is 0 Å². The minimum atomic E-state index is 0.147. The first-order valence-electron chi connectivity index (χ1n) is 6.23. The van der Waals surface area contributed by atoms with E-state index in [-0.39, 0.29) is 5.91 Å². The van der Waals surface area contributed by atoms with E-state index in [0.717, 1.165) is 25.3 Å². The third kappa shape index (κ3) is 5.71. The first-order chi connectivity index (χ1) is 7.72. The molecule has 1 fully saturated rings. The lowest BCUT2D eigenvalue weighted by molar-refractivity contribution is -0.121. The van der Waals surface area contributed by atoms with Gasteiger partial charge >= 0.3 is 0 Å². The summed E-state index contributed by atoms with van der Waals surface area (Å²) in [4.78, 5) is 13.7. The van der Waals surface area contributed by atoms with Gasteiger partial charge in [0.1, 0.15) is 0 Å². The second-order valence-electron chi connectivity index (χ2n) is 4.68. The average Bonchev–Trinajstić information content (AvgIpc) is 2.29. The number of hydrogen-bond acceptors (Lipinski definition) is 2. The van der Waals surface area contributed by atoms with E-state index >= 15 is 0 Å². The lowest BCUT2D eigenvalue weighted by Crippen LogP contribution is -2.32. The lowest BCUT2D eigenvalue weighted by atomic mass is 9.94. The molecular weight excluding hydrogens is 224 g/mol. The number of nitrogens with zero attached hydrogens (tertiary/aromatic N) is 1. The molecule has 0 atom stereocenters. The van der Waals surface area contributed by atoms with Crippen molar-refractivity contribution < 1.29 is 4.79 Å². The minimum Gasteiger partial charge on any atom is -0.356 e. The van der Waals surface area contributed by atoms with Gasteiger partial charge in [-0.2, -0.15) is 0 Å². The van der Waals surface area contributed by atoms with Gasteiger partial charge in [0, 0.05) is 18.8 Å². The number of nitrogens with one attached hydrogen (secondary N) is 1. The van der Waals surface area contributed by atoms with Crippen LogP contribution in [0, 0.1) is 5.92 Å². The SMILES string of the molecule is CN1CCC(CCNC(=O)CCCCl)CC1. The number of halogens is 1. The lowest BCUT2D eigenvalue weighted by Gasteiger charge is -2.28. The van der Waals surface area contributed by atoms with Gasteiger partial charge in [-0.05, 0) is 51.7 Å².